The Balaban J connectivity index is 2.18. The molecule has 2 unspecified atom stereocenters. The summed E-state index contributed by atoms with van der Waals surface area (Å²) < 4.78 is 26.8. The van der Waals surface area contributed by atoms with E-state index in [1.54, 1.807) is 0 Å². The fraction of sp³-hybridized carbons (Fsp3) is 0.571. The van der Waals surface area contributed by atoms with Gasteiger partial charge in [-0.2, -0.15) is 0 Å². The van der Waals surface area contributed by atoms with Crippen LogP contribution in [0.2, 0.25) is 0 Å². The number of halogens is 2. The lowest BCUT2D eigenvalue weighted by Crippen LogP contribution is -2.55. The minimum Gasteiger partial charge on any atom is -0.364 e. The highest BCUT2D eigenvalue weighted by molar-refractivity contribution is 5.49. The van der Waals surface area contributed by atoms with E-state index in [0.717, 1.165) is 32.0 Å². The molecule has 2 atom stereocenters. The normalized spacial score (nSPS) is 24.3. The molecule has 0 amide bonds. The molecule has 1 aromatic rings. The predicted molar refractivity (Wildman–Crippen MR) is 69.9 cm³/mol. The summed E-state index contributed by atoms with van der Waals surface area (Å²) in [7, 11) is 0. The Labute approximate surface area is 107 Å². The highest BCUT2D eigenvalue weighted by Gasteiger charge is 2.26. The van der Waals surface area contributed by atoms with Crippen LogP contribution in [0.3, 0.4) is 0 Å². The van der Waals surface area contributed by atoms with Crippen molar-refractivity contribution in [1.29, 1.82) is 0 Å². The van der Waals surface area contributed by atoms with E-state index in [-0.39, 0.29) is 6.04 Å². The molecule has 1 aromatic carbocycles. The van der Waals surface area contributed by atoms with Crippen LogP contribution in [0.15, 0.2) is 18.2 Å². The summed E-state index contributed by atoms with van der Waals surface area (Å²) in [5.74, 6) is -0.997. The van der Waals surface area contributed by atoms with E-state index >= 15 is 0 Å². The van der Waals surface area contributed by atoms with Crippen molar-refractivity contribution in [3.05, 3.63) is 29.8 Å². The van der Waals surface area contributed by atoms with Crippen molar-refractivity contribution in [2.75, 3.05) is 18.0 Å². The fourth-order valence-electron chi connectivity index (χ4n) is 2.52. The number of nitrogens with zero attached hydrogens (tertiary/aromatic N) is 1. The number of hydrogen-bond acceptors (Lipinski definition) is 2. The maximum Gasteiger partial charge on any atom is 0.149 e. The second kappa shape index (κ2) is 5.65. The molecule has 0 spiro atoms. The van der Waals surface area contributed by atoms with Gasteiger partial charge >= 0.3 is 0 Å². The van der Waals surface area contributed by atoms with Crippen LogP contribution in [0, 0.1) is 11.6 Å². The molecule has 1 aliphatic heterocycles. The third kappa shape index (κ3) is 2.80. The molecule has 0 saturated carbocycles. The molecule has 1 saturated heterocycles. The molecule has 0 aromatic heterocycles. The molecule has 4 heteroatoms. The van der Waals surface area contributed by atoms with E-state index < -0.39 is 11.6 Å². The Hall–Kier alpha value is -1.16. The van der Waals surface area contributed by atoms with Crippen LogP contribution < -0.4 is 10.2 Å². The zero-order chi connectivity index (χ0) is 13.1. The first-order valence-corrected chi connectivity index (χ1v) is 6.57. The number of anilines is 1. The summed E-state index contributed by atoms with van der Waals surface area (Å²) in [6.45, 7) is 5.81. The number of benzene rings is 1. The number of piperazine rings is 1. The smallest absolute Gasteiger partial charge is 0.149 e. The van der Waals surface area contributed by atoms with Crippen LogP contribution in [-0.4, -0.2) is 25.2 Å². The van der Waals surface area contributed by atoms with Gasteiger partial charge < -0.3 is 10.2 Å². The van der Waals surface area contributed by atoms with Gasteiger partial charge in [0.25, 0.3) is 0 Å². The largest absolute Gasteiger partial charge is 0.364 e. The standard InChI is InChI=1S/C14H20F2N2/c1-3-4-12-9-18(10(2)8-17-12)14-6-5-11(15)7-13(14)16/h5-7,10,12,17H,3-4,8-9H2,1-2H3. The number of hydrogen-bond donors (Lipinski definition) is 1. The molecule has 0 aliphatic carbocycles. The highest BCUT2D eigenvalue weighted by Crippen LogP contribution is 2.24. The van der Waals surface area contributed by atoms with Gasteiger partial charge in [0, 0.05) is 31.2 Å². The Kier molecular flexibility index (Phi) is 4.17. The van der Waals surface area contributed by atoms with Crippen molar-refractivity contribution in [1.82, 2.24) is 5.32 Å². The third-order valence-corrected chi connectivity index (χ3v) is 3.51. The summed E-state index contributed by atoms with van der Waals surface area (Å²) in [5.41, 5.74) is 0.506. The summed E-state index contributed by atoms with van der Waals surface area (Å²) in [6.07, 6.45) is 2.18. The second-order valence-corrected chi connectivity index (χ2v) is 4.99. The topological polar surface area (TPSA) is 15.3 Å². The average molecular weight is 254 g/mol. The second-order valence-electron chi connectivity index (χ2n) is 4.99. The van der Waals surface area contributed by atoms with Crippen LogP contribution in [-0.2, 0) is 0 Å². The van der Waals surface area contributed by atoms with Crippen LogP contribution in [0.4, 0.5) is 14.5 Å². The van der Waals surface area contributed by atoms with E-state index in [1.807, 2.05) is 4.90 Å². The summed E-state index contributed by atoms with van der Waals surface area (Å²) in [5, 5.41) is 3.46. The summed E-state index contributed by atoms with van der Waals surface area (Å²) >= 11 is 0. The molecule has 2 rings (SSSR count). The van der Waals surface area contributed by atoms with Gasteiger partial charge in [-0.3, -0.25) is 0 Å². The van der Waals surface area contributed by atoms with E-state index in [4.69, 9.17) is 0 Å². The highest BCUT2D eigenvalue weighted by atomic mass is 19.1. The predicted octanol–water partition coefficient (Wildman–Crippen LogP) is 2.93. The molecule has 1 heterocycles. The van der Waals surface area contributed by atoms with Crippen LogP contribution in [0.25, 0.3) is 0 Å². The lowest BCUT2D eigenvalue weighted by atomic mass is 10.0. The van der Waals surface area contributed by atoms with Gasteiger partial charge in [0.2, 0.25) is 0 Å². The molecule has 1 N–H and O–H groups in total. The summed E-state index contributed by atoms with van der Waals surface area (Å²) in [6, 6.07) is 4.42. The molecule has 1 fully saturated rings. The lowest BCUT2D eigenvalue weighted by molar-refractivity contribution is 0.383. The molecule has 2 nitrogen and oxygen atoms in total. The lowest BCUT2D eigenvalue weighted by Gasteiger charge is -2.40. The third-order valence-electron chi connectivity index (χ3n) is 3.51. The Morgan fingerprint density at radius 2 is 2.17 bits per heavy atom. The Bertz CT molecular complexity index is 409. The molecule has 0 radical (unpaired) electrons. The van der Waals surface area contributed by atoms with E-state index in [1.165, 1.54) is 12.1 Å². The van der Waals surface area contributed by atoms with E-state index in [9.17, 15) is 8.78 Å². The zero-order valence-corrected chi connectivity index (χ0v) is 10.9. The van der Waals surface area contributed by atoms with Gasteiger partial charge in [-0.1, -0.05) is 13.3 Å². The number of nitrogens with one attached hydrogen (secondary N) is 1. The molecular weight excluding hydrogens is 234 g/mol. The van der Waals surface area contributed by atoms with Gasteiger partial charge in [-0.25, -0.2) is 8.78 Å². The molecule has 18 heavy (non-hydrogen) atoms. The van der Waals surface area contributed by atoms with E-state index in [2.05, 4.69) is 19.2 Å². The molecule has 1 aliphatic rings. The van der Waals surface area contributed by atoms with Crippen LogP contribution >= 0.6 is 0 Å². The minimum atomic E-state index is -0.524. The van der Waals surface area contributed by atoms with Gasteiger partial charge in [0.15, 0.2) is 0 Å². The van der Waals surface area contributed by atoms with Crippen molar-refractivity contribution >= 4 is 5.69 Å². The molecule has 0 bridgehead atoms. The van der Waals surface area contributed by atoms with Crippen molar-refractivity contribution in [3.63, 3.8) is 0 Å². The van der Waals surface area contributed by atoms with Crippen molar-refractivity contribution < 1.29 is 8.78 Å². The first-order valence-electron chi connectivity index (χ1n) is 6.57. The van der Waals surface area contributed by atoms with Crippen molar-refractivity contribution in [2.45, 2.75) is 38.8 Å². The van der Waals surface area contributed by atoms with Gasteiger partial charge in [0.1, 0.15) is 11.6 Å². The quantitative estimate of drug-likeness (QED) is 0.892. The van der Waals surface area contributed by atoms with Gasteiger partial charge in [-0.15, -0.1) is 0 Å². The minimum absolute atomic E-state index is 0.220. The zero-order valence-electron chi connectivity index (χ0n) is 10.9. The summed E-state index contributed by atoms with van der Waals surface area (Å²) in [4.78, 5) is 2.03. The first-order chi connectivity index (χ1) is 8.61. The van der Waals surface area contributed by atoms with Crippen molar-refractivity contribution in [3.8, 4) is 0 Å². The number of rotatable bonds is 3. The Morgan fingerprint density at radius 1 is 1.39 bits per heavy atom. The maximum absolute atomic E-state index is 13.8. The first kappa shape index (κ1) is 13.3. The SMILES string of the molecule is CCCC1CN(c2ccc(F)cc2F)C(C)CN1. The van der Waals surface area contributed by atoms with Crippen LogP contribution in [0.1, 0.15) is 26.7 Å². The monoisotopic (exact) mass is 254 g/mol. The Morgan fingerprint density at radius 3 is 2.83 bits per heavy atom. The van der Waals surface area contributed by atoms with Crippen molar-refractivity contribution in [2.24, 2.45) is 0 Å². The average Bonchev–Trinajstić information content (AvgIpc) is 2.33. The maximum atomic E-state index is 13.8. The van der Waals surface area contributed by atoms with Crippen LogP contribution in [0.5, 0.6) is 0 Å². The fourth-order valence-corrected chi connectivity index (χ4v) is 2.52. The van der Waals surface area contributed by atoms with E-state index in [0.29, 0.717) is 11.7 Å². The molecule has 100 valence electrons. The molecular formula is C14H20F2N2. The van der Waals surface area contributed by atoms with Gasteiger partial charge in [-0.05, 0) is 25.5 Å². The van der Waals surface area contributed by atoms with Gasteiger partial charge in [0.05, 0.1) is 5.69 Å².